The molecular formula is C24H28FN3O2. The smallest absolute Gasteiger partial charge is 0.287 e. The van der Waals surface area contributed by atoms with Gasteiger partial charge in [0.2, 0.25) is 0 Å². The number of hydrogen-bond acceptors (Lipinski definition) is 3. The highest BCUT2D eigenvalue weighted by molar-refractivity contribution is 5.91. The van der Waals surface area contributed by atoms with Crippen LogP contribution in [0.15, 0.2) is 59.1 Å². The summed E-state index contributed by atoms with van der Waals surface area (Å²) in [7, 11) is 0. The average molecular weight is 410 g/mol. The van der Waals surface area contributed by atoms with Crippen molar-refractivity contribution in [2.75, 3.05) is 6.54 Å². The van der Waals surface area contributed by atoms with E-state index in [2.05, 4.69) is 28.6 Å². The number of hydrogen-bond donors (Lipinski definition) is 1. The van der Waals surface area contributed by atoms with Crippen molar-refractivity contribution in [3.63, 3.8) is 0 Å². The van der Waals surface area contributed by atoms with Gasteiger partial charge in [0.25, 0.3) is 5.91 Å². The fourth-order valence-electron chi connectivity index (χ4n) is 3.88. The fraction of sp³-hybridized carbons (Fsp3) is 0.375. The van der Waals surface area contributed by atoms with Crippen LogP contribution in [-0.4, -0.2) is 28.0 Å². The van der Waals surface area contributed by atoms with E-state index in [4.69, 9.17) is 4.42 Å². The molecule has 2 unspecified atom stereocenters. The van der Waals surface area contributed by atoms with E-state index in [0.717, 1.165) is 18.8 Å². The molecule has 0 saturated carbocycles. The summed E-state index contributed by atoms with van der Waals surface area (Å²) in [5, 5.41) is 2.96. The number of nitrogens with one attached hydrogen (secondary N) is 1. The molecule has 2 atom stereocenters. The number of aromatic nitrogens is 1. The molecule has 5 nitrogen and oxygen atoms in total. The Kier molecular flexibility index (Phi) is 5.77. The normalized spacial score (nSPS) is 17.7. The van der Waals surface area contributed by atoms with Crippen molar-refractivity contribution in [1.29, 1.82) is 0 Å². The number of fused-ring (bicyclic) bond motifs is 1. The maximum Gasteiger partial charge on any atom is 0.287 e. The number of carbonyl (C=O) groups is 1. The first-order valence-corrected chi connectivity index (χ1v) is 10.5. The van der Waals surface area contributed by atoms with Crippen molar-refractivity contribution in [3.05, 3.63) is 83.3 Å². The minimum Gasteiger partial charge on any atom is -0.455 e. The van der Waals surface area contributed by atoms with Crippen LogP contribution in [0.1, 0.15) is 54.4 Å². The van der Waals surface area contributed by atoms with E-state index >= 15 is 0 Å². The Morgan fingerprint density at radius 3 is 2.70 bits per heavy atom. The highest BCUT2D eigenvalue weighted by Crippen LogP contribution is 2.34. The maximum absolute atomic E-state index is 14.7. The molecule has 6 heteroatoms. The zero-order valence-electron chi connectivity index (χ0n) is 17.6. The number of benzene rings is 1. The molecule has 158 valence electrons. The summed E-state index contributed by atoms with van der Waals surface area (Å²) in [4.78, 5) is 14.7. The third kappa shape index (κ3) is 4.05. The minimum atomic E-state index is -0.218. The summed E-state index contributed by atoms with van der Waals surface area (Å²) in [6.45, 7) is 8.19. The number of amides is 1. The quantitative estimate of drug-likeness (QED) is 0.647. The predicted octanol–water partition coefficient (Wildman–Crippen LogP) is 4.60. The van der Waals surface area contributed by atoms with Crippen LogP contribution in [0.3, 0.4) is 0 Å². The average Bonchev–Trinajstić information content (AvgIpc) is 3.38. The third-order valence-corrected chi connectivity index (χ3v) is 5.94. The summed E-state index contributed by atoms with van der Waals surface area (Å²) >= 11 is 0. The first kappa shape index (κ1) is 20.4. The Hall–Kier alpha value is -2.86. The van der Waals surface area contributed by atoms with Gasteiger partial charge in [-0.1, -0.05) is 32.0 Å². The Bertz CT molecular complexity index is 1020. The van der Waals surface area contributed by atoms with Crippen LogP contribution in [0.2, 0.25) is 0 Å². The molecule has 3 aromatic rings. The van der Waals surface area contributed by atoms with Gasteiger partial charge in [-0.05, 0) is 43.2 Å². The summed E-state index contributed by atoms with van der Waals surface area (Å²) in [5.74, 6) is 0.915. The van der Waals surface area contributed by atoms with Crippen LogP contribution in [0.5, 0.6) is 0 Å². The summed E-state index contributed by atoms with van der Waals surface area (Å²) in [6.07, 6.45) is 2.03. The number of rotatable bonds is 6. The van der Waals surface area contributed by atoms with E-state index in [1.807, 2.05) is 43.5 Å². The largest absolute Gasteiger partial charge is 0.455 e. The van der Waals surface area contributed by atoms with Gasteiger partial charge < -0.3 is 14.3 Å². The standard InChI is InChI=1S/C24H28FN3O2/c1-16(2)17(3)26-24(29)22-11-10-18(30-22)15-28-14-13-27-12-6-9-21(27)23(28)19-7-4-5-8-20(19)25/h4-12,16-17,23H,13-15H2,1-3H3,(H,26,29). The highest BCUT2D eigenvalue weighted by Gasteiger charge is 2.31. The molecule has 1 N–H and O–H groups in total. The van der Waals surface area contributed by atoms with Gasteiger partial charge in [0, 0.05) is 36.6 Å². The molecule has 1 aromatic carbocycles. The molecular weight excluding hydrogens is 381 g/mol. The summed E-state index contributed by atoms with van der Waals surface area (Å²) in [6, 6.07) is 14.3. The molecule has 1 aliphatic heterocycles. The van der Waals surface area contributed by atoms with Gasteiger partial charge in [-0.2, -0.15) is 0 Å². The second-order valence-electron chi connectivity index (χ2n) is 8.29. The molecule has 0 aliphatic carbocycles. The second-order valence-corrected chi connectivity index (χ2v) is 8.29. The second kappa shape index (κ2) is 8.48. The molecule has 4 rings (SSSR count). The lowest BCUT2D eigenvalue weighted by molar-refractivity contribution is 0.0896. The summed E-state index contributed by atoms with van der Waals surface area (Å²) in [5.41, 5.74) is 1.70. The molecule has 0 spiro atoms. The maximum atomic E-state index is 14.7. The van der Waals surface area contributed by atoms with Gasteiger partial charge in [0.1, 0.15) is 11.6 Å². The van der Waals surface area contributed by atoms with Crippen molar-refractivity contribution >= 4 is 5.91 Å². The first-order chi connectivity index (χ1) is 14.4. The number of furan rings is 1. The third-order valence-electron chi connectivity index (χ3n) is 5.94. The Morgan fingerprint density at radius 2 is 1.93 bits per heavy atom. The molecule has 30 heavy (non-hydrogen) atoms. The van der Waals surface area contributed by atoms with E-state index in [-0.39, 0.29) is 23.8 Å². The lowest BCUT2D eigenvalue weighted by atomic mass is 9.99. The van der Waals surface area contributed by atoms with Gasteiger partial charge in [-0.15, -0.1) is 0 Å². The molecule has 1 amide bonds. The lowest BCUT2D eigenvalue weighted by Crippen LogP contribution is -2.38. The molecule has 0 bridgehead atoms. The zero-order chi connectivity index (χ0) is 21.3. The van der Waals surface area contributed by atoms with Gasteiger partial charge >= 0.3 is 0 Å². The monoisotopic (exact) mass is 409 g/mol. The Morgan fingerprint density at radius 1 is 1.13 bits per heavy atom. The van der Waals surface area contributed by atoms with Crippen molar-refractivity contribution in [3.8, 4) is 0 Å². The number of halogens is 1. The van der Waals surface area contributed by atoms with Crippen molar-refractivity contribution in [1.82, 2.24) is 14.8 Å². The number of nitrogens with zero attached hydrogens (tertiary/aromatic N) is 2. The lowest BCUT2D eigenvalue weighted by Gasteiger charge is -2.37. The number of carbonyl (C=O) groups excluding carboxylic acids is 1. The van der Waals surface area contributed by atoms with Crippen molar-refractivity contribution < 1.29 is 13.6 Å². The van der Waals surface area contributed by atoms with Crippen LogP contribution < -0.4 is 5.32 Å². The van der Waals surface area contributed by atoms with E-state index in [1.165, 1.54) is 6.07 Å². The van der Waals surface area contributed by atoms with Gasteiger partial charge in [-0.3, -0.25) is 9.69 Å². The van der Waals surface area contributed by atoms with Crippen molar-refractivity contribution in [2.45, 2.75) is 45.9 Å². The molecule has 0 radical (unpaired) electrons. The zero-order valence-corrected chi connectivity index (χ0v) is 17.6. The summed E-state index contributed by atoms with van der Waals surface area (Å²) < 4.78 is 22.7. The van der Waals surface area contributed by atoms with Gasteiger partial charge in [0.05, 0.1) is 12.6 Å². The first-order valence-electron chi connectivity index (χ1n) is 10.5. The van der Waals surface area contributed by atoms with Crippen LogP contribution in [-0.2, 0) is 13.1 Å². The van der Waals surface area contributed by atoms with E-state index in [0.29, 0.717) is 29.5 Å². The molecule has 0 fully saturated rings. The van der Waals surface area contributed by atoms with Crippen LogP contribution in [0.25, 0.3) is 0 Å². The molecule has 1 aliphatic rings. The van der Waals surface area contributed by atoms with E-state index < -0.39 is 0 Å². The topological polar surface area (TPSA) is 50.4 Å². The van der Waals surface area contributed by atoms with E-state index in [1.54, 1.807) is 12.1 Å². The molecule has 0 saturated heterocycles. The van der Waals surface area contributed by atoms with Gasteiger partial charge in [-0.25, -0.2) is 4.39 Å². The fourth-order valence-corrected chi connectivity index (χ4v) is 3.88. The molecule has 3 heterocycles. The Labute approximate surface area is 176 Å². The predicted molar refractivity (Wildman–Crippen MR) is 114 cm³/mol. The highest BCUT2D eigenvalue weighted by atomic mass is 19.1. The van der Waals surface area contributed by atoms with Gasteiger partial charge in [0.15, 0.2) is 5.76 Å². The molecule has 2 aromatic heterocycles. The van der Waals surface area contributed by atoms with Crippen molar-refractivity contribution in [2.24, 2.45) is 5.92 Å². The minimum absolute atomic E-state index is 0.0615. The van der Waals surface area contributed by atoms with Crippen LogP contribution >= 0.6 is 0 Å². The van der Waals surface area contributed by atoms with Crippen LogP contribution in [0.4, 0.5) is 4.39 Å². The van der Waals surface area contributed by atoms with Crippen LogP contribution in [0, 0.1) is 11.7 Å². The SMILES string of the molecule is CC(C)C(C)NC(=O)c1ccc(CN2CCn3cccc3C2c2ccccc2F)o1. The Balaban J connectivity index is 1.56. The van der Waals surface area contributed by atoms with E-state index in [9.17, 15) is 9.18 Å².